The standard InChI is InChI=1S/C13H17N3O/c1-2-6-12-11(5-1)16-13(9-17-12)15-8-10-4-3-7-14-10/h1-2,5-6,10,14H,3-4,7-9H2,(H,15,16). The lowest BCUT2D eigenvalue weighted by Gasteiger charge is -2.21. The van der Waals surface area contributed by atoms with Crippen LogP contribution in [-0.2, 0) is 0 Å². The molecule has 0 radical (unpaired) electrons. The third-order valence-corrected chi connectivity index (χ3v) is 3.20. The van der Waals surface area contributed by atoms with Gasteiger partial charge in [0.1, 0.15) is 18.2 Å². The monoisotopic (exact) mass is 231 g/mol. The molecule has 2 N–H and O–H groups in total. The fourth-order valence-electron chi connectivity index (χ4n) is 2.25. The van der Waals surface area contributed by atoms with E-state index in [1.54, 1.807) is 0 Å². The van der Waals surface area contributed by atoms with Crippen molar-refractivity contribution in [2.75, 3.05) is 25.0 Å². The third-order valence-electron chi connectivity index (χ3n) is 3.20. The number of hydrogen-bond acceptors (Lipinski definition) is 3. The van der Waals surface area contributed by atoms with Crippen LogP contribution in [0.25, 0.3) is 0 Å². The highest BCUT2D eigenvalue weighted by atomic mass is 16.5. The summed E-state index contributed by atoms with van der Waals surface area (Å²) in [5.41, 5.74) is 1.01. The van der Waals surface area contributed by atoms with E-state index in [1.165, 1.54) is 12.8 Å². The van der Waals surface area contributed by atoms with Gasteiger partial charge < -0.3 is 15.4 Å². The summed E-state index contributed by atoms with van der Waals surface area (Å²) in [6, 6.07) is 8.50. The van der Waals surface area contributed by atoms with E-state index in [0.717, 1.165) is 30.4 Å². The molecular formula is C13H17N3O. The van der Waals surface area contributed by atoms with Crippen molar-refractivity contribution in [1.82, 2.24) is 5.32 Å². The van der Waals surface area contributed by atoms with E-state index in [2.05, 4.69) is 15.6 Å². The molecule has 1 atom stereocenters. The van der Waals surface area contributed by atoms with Crippen molar-refractivity contribution in [1.29, 1.82) is 0 Å². The van der Waals surface area contributed by atoms with Gasteiger partial charge in [-0.15, -0.1) is 0 Å². The molecule has 3 rings (SSSR count). The highest BCUT2D eigenvalue weighted by Gasteiger charge is 2.16. The quantitative estimate of drug-likeness (QED) is 0.813. The van der Waals surface area contributed by atoms with Gasteiger partial charge in [-0.2, -0.15) is 0 Å². The maximum Gasteiger partial charge on any atom is 0.146 e. The first-order valence-electron chi connectivity index (χ1n) is 6.17. The van der Waals surface area contributed by atoms with Crippen molar-refractivity contribution in [3.63, 3.8) is 0 Å². The first-order chi connectivity index (χ1) is 8.42. The van der Waals surface area contributed by atoms with Crippen molar-refractivity contribution in [3.05, 3.63) is 24.3 Å². The topological polar surface area (TPSA) is 45.7 Å². The molecule has 17 heavy (non-hydrogen) atoms. The number of amidine groups is 1. The zero-order chi connectivity index (χ0) is 11.5. The zero-order valence-electron chi connectivity index (χ0n) is 9.78. The smallest absolute Gasteiger partial charge is 0.146 e. The summed E-state index contributed by atoms with van der Waals surface area (Å²) in [7, 11) is 0. The second kappa shape index (κ2) is 4.75. The minimum absolute atomic E-state index is 0.543. The number of hydrogen-bond donors (Lipinski definition) is 2. The normalized spacial score (nSPS) is 25.2. The van der Waals surface area contributed by atoms with Gasteiger partial charge in [-0.3, -0.25) is 4.99 Å². The van der Waals surface area contributed by atoms with E-state index in [0.29, 0.717) is 12.6 Å². The van der Waals surface area contributed by atoms with Crippen LogP contribution >= 0.6 is 0 Å². The van der Waals surface area contributed by atoms with E-state index in [1.807, 2.05) is 24.3 Å². The van der Waals surface area contributed by atoms with Crippen molar-refractivity contribution in [2.24, 2.45) is 4.99 Å². The molecule has 4 heteroatoms. The summed E-state index contributed by atoms with van der Waals surface area (Å²) < 4.78 is 5.64. The molecule has 0 aromatic heterocycles. The Morgan fingerprint density at radius 1 is 1.35 bits per heavy atom. The molecule has 4 nitrogen and oxygen atoms in total. The number of rotatable bonds is 2. The first-order valence-corrected chi connectivity index (χ1v) is 6.17. The molecule has 0 amide bonds. The van der Waals surface area contributed by atoms with Gasteiger partial charge in [0.05, 0.1) is 12.2 Å². The maximum absolute atomic E-state index is 5.64. The Balaban J connectivity index is 1.64. The molecule has 1 fully saturated rings. The van der Waals surface area contributed by atoms with Crippen LogP contribution in [0.15, 0.2) is 29.3 Å². The van der Waals surface area contributed by atoms with Crippen molar-refractivity contribution < 1.29 is 4.74 Å². The van der Waals surface area contributed by atoms with Crippen LogP contribution in [0.4, 0.5) is 5.69 Å². The van der Waals surface area contributed by atoms with E-state index in [9.17, 15) is 0 Å². The van der Waals surface area contributed by atoms with Crippen LogP contribution in [0.3, 0.4) is 0 Å². The van der Waals surface area contributed by atoms with E-state index in [-0.39, 0.29) is 0 Å². The van der Waals surface area contributed by atoms with Gasteiger partial charge in [0.25, 0.3) is 0 Å². The van der Waals surface area contributed by atoms with Gasteiger partial charge in [0.2, 0.25) is 0 Å². The molecule has 2 aliphatic heterocycles. The Bertz CT molecular complexity index is 424. The maximum atomic E-state index is 5.64. The second-order valence-corrected chi connectivity index (χ2v) is 4.49. The van der Waals surface area contributed by atoms with E-state index < -0.39 is 0 Å². The SMILES string of the molecule is c1ccc2c(c1)NC(=NCC1CCCN1)CO2. The molecule has 1 unspecified atom stereocenters. The molecule has 0 saturated carbocycles. The fourth-order valence-corrected chi connectivity index (χ4v) is 2.25. The summed E-state index contributed by atoms with van der Waals surface area (Å²) >= 11 is 0. The molecule has 0 bridgehead atoms. The molecule has 1 saturated heterocycles. The Morgan fingerprint density at radius 3 is 3.18 bits per heavy atom. The van der Waals surface area contributed by atoms with Crippen LogP contribution < -0.4 is 15.4 Å². The summed E-state index contributed by atoms with van der Waals surface area (Å²) in [4.78, 5) is 4.58. The molecule has 90 valence electrons. The number of nitrogens with zero attached hydrogens (tertiary/aromatic N) is 1. The largest absolute Gasteiger partial charge is 0.484 e. The van der Waals surface area contributed by atoms with Crippen molar-refractivity contribution in [2.45, 2.75) is 18.9 Å². The van der Waals surface area contributed by atoms with Gasteiger partial charge in [0.15, 0.2) is 0 Å². The number of para-hydroxylation sites is 2. The second-order valence-electron chi connectivity index (χ2n) is 4.49. The molecular weight excluding hydrogens is 214 g/mol. The number of nitrogens with one attached hydrogen (secondary N) is 2. The molecule has 1 aromatic carbocycles. The average Bonchev–Trinajstić information content (AvgIpc) is 2.89. The Hall–Kier alpha value is -1.55. The predicted molar refractivity (Wildman–Crippen MR) is 68.9 cm³/mol. The lowest BCUT2D eigenvalue weighted by Crippen LogP contribution is -2.29. The first kappa shape index (κ1) is 10.6. The Labute approximate surface area is 101 Å². The van der Waals surface area contributed by atoms with Gasteiger partial charge >= 0.3 is 0 Å². The Morgan fingerprint density at radius 2 is 2.29 bits per heavy atom. The summed E-state index contributed by atoms with van der Waals surface area (Å²) in [6.45, 7) is 2.51. The lowest BCUT2D eigenvalue weighted by atomic mass is 10.2. The number of ether oxygens (including phenoxy) is 1. The van der Waals surface area contributed by atoms with Crippen LogP contribution in [0.1, 0.15) is 12.8 Å². The molecule has 2 aliphatic rings. The minimum atomic E-state index is 0.543. The fraction of sp³-hybridized carbons (Fsp3) is 0.462. The third kappa shape index (κ3) is 2.42. The summed E-state index contributed by atoms with van der Waals surface area (Å²) in [5.74, 6) is 1.84. The highest BCUT2D eigenvalue weighted by Crippen LogP contribution is 2.26. The number of fused-ring (bicyclic) bond motifs is 1. The summed E-state index contributed by atoms with van der Waals surface area (Å²) in [6.07, 6.45) is 2.50. The predicted octanol–water partition coefficient (Wildman–Crippen LogP) is 1.64. The zero-order valence-corrected chi connectivity index (χ0v) is 9.78. The van der Waals surface area contributed by atoms with E-state index >= 15 is 0 Å². The molecule has 0 aliphatic carbocycles. The Kier molecular flexibility index (Phi) is 2.96. The molecule has 0 spiro atoms. The number of aliphatic imine (C=N–C) groups is 1. The average molecular weight is 231 g/mol. The van der Waals surface area contributed by atoms with Crippen LogP contribution in [0.2, 0.25) is 0 Å². The summed E-state index contributed by atoms with van der Waals surface area (Å²) in [5, 5.41) is 6.76. The van der Waals surface area contributed by atoms with Crippen LogP contribution in [0.5, 0.6) is 5.75 Å². The van der Waals surface area contributed by atoms with Crippen molar-refractivity contribution >= 4 is 11.5 Å². The van der Waals surface area contributed by atoms with Crippen molar-refractivity contribution in [3.8, 4) is 5.75 Å². The van der Waals surface area contributed by atoms with Gasteiger partial charge in [-0.05, 0) is 31.5 Å². The van der Waals surface area contributed by atoms with E-state index in [4.69, 9.17) is 4.74 Å². The van der Waals surface area contributed by atoms with Crippen LogP contribution in [-0.4, -0.2) is 31.6 Å². The lowest BCUT2D eigenvalue weighted by molar-refractivity contribution is 0.371. The number of benzene rings is 1. The van der Waals surface area contributed by atoms with Gasteiger partial charge in [-0.1, -0.05) is 12.1 Å². The van der Waals surface area contributed by atoms with Gasteiger partial charge in [-0.25, -0.2) is 0 Å². The molecule has 2 heterocycles. The number of anilines is 1. The van der Waals surface area contributed by atoms with Gasteiger partial charge in [0, 0.05) is 6.04 Å². The van der Waals surface area contributed by atoms with Crippen LogP contribution in [0, 0.1) is 0 Å². The minimum Gasteiger partial charge on any atom is -0.484 e. The highest BCUT2D eigenvalue weighted by molar-refractivity contribution is 5.99. The molecule has 1 aromatic rings.